The molecule has 0 aliphatic heterocycles. The Balaban J connectivity index is 0.000000636. The van der Waals surface area contributed by atoms with Gasteiger partial charge in [-0.2, -0.15) is 0 Å². The summed E-state index contributed by atoms with van der Waals surface area (Å²) in [6.45, 7) is 0. The first-order valence-electron chi connectivity index (χ1n) is 10.9. The summed E-state index contributed by atoms with van der Waals surface area (Å²) in [5.41, 5.74) is 4.95. The van der Waals surface area contributed by atoms with Crippen LogP contribution in [0.5, 0.6) is 0 Å². The van der Waals surface area contributed by atoms with E-state index in [4.69, 9.17) is 26.6 Å². The van der Waals surface area contributed by atoms with E-state index in [9.17, 15) is 4.79 Å². The average Bonchev–Trinajstić information content (AvgIpc) is 3.48. The van der Waals surface area contributed by atoms with Crippen LogP contribution in [-0.4, -0.2) is 27.1 Å². The van der Waals surface area contributed by atoms with Crippen molar-refractivity contribution in [3.8, 4) is 11.1 Å². The molecule has 0 unspecified atom stereocenters. The number of carboxylic acid groups (broad SMARTS) is 2. The number of fused-ring (bicyclic) bond motifs is 1. The lowest BCUT2D eigenvalue weighted by Gasteiger charge is -2.09. The van der Waals surface area contributed by atoms with Crippen molar-refractivity contribution < 1.29 is 19.8 Å². The fourth-order valence-corrected chi connectivity index (χ4v) is 5.11. The molecule has 0 amide bonds. The van der Waals surface area contributed by atoms with Gasteiger partial charge in [0.25, 0.3) is 0 Å². The number of thiazole rings is 1. The normalized spacial score (nSPS) is 13.3. The first-order chi connectivity index (χ1) is 16.4. The van der Waals surface area contributed by atoms with E-state index in [0.29, 0.717) is 10.8 Å². The standard InChI is InChI=1S/C25H21ClN2OS.CH2O3/c26-20-11-14-23-22(15-20)28-25(30-23)27-21-12-9-17(10-13-21)16-5-7-19(8-6-16)24(29)18-3-1-2-4-18;2-1(3)4/h5-15,18H,1-4H2,(H,27,28);(H2,2,3,4). The van der Waals surface area contributed by atoms with Crippen molar-refractivity contribution in [2.75, 3.05) is 5.32 Å². The van der Waals surface area contributed by atoms with E-state index in [2.05, 4.69) is 22.4 Å². The van der Waals surface area contributed by atoms with Gasteiger partial charge in [-0.15, -0.1) is 0 Å². The summed E-state index contributed by atoms with van der Waals surface area (Å²) < 4.78 is 1.10. The molecule has 3 aromatic carbocycles. The van der Waals surface area contributed by atoms with Crippen molar-refractivity contribution in [3.05, 3.63) is 77.3 Å². The summed E-state index contributed by atoms with van der Waals surface area (Å²) in [6, 6.07) is 22.0. The van der Waals surface area contributed by atoms with Gasteiger partial charge in [-0.1, -0.05) is 72.2 Å². The van der Waals surface area contributed by atoms with Crippen LogP contribution >= 0.6 is 22.9 Å². The fraction of sp³-hybridized carbons (Fsp3) is 0.192. The van der Waals surface area contributed by atoms with E-state index < -0.39 is 6.16 Å². The van der Waals surface area contributed by atoms with Crippen LogP contribution in [0.3, 0.4) is 0 Å². The van der Waals surface area contributed by atoms with Crippen LogP contribution in [0.25, 0.3) is 21.3 Å². The maximum Gasteiger partial charge on any atom is 0.503 e. The molecule has 0 bridgehead atoms. The van der Waals surface area contributed by atoms with E-state index in [1.165, 1.54) is 12.8 Å². The molecule has 1 aromatic heterocycles. The lowest BCUT2D eigenvalue weighted by atomic mass is 9.94. The first-order valence-corrected chi connectivity index (χ1v) is 12.1. The molecule has 5 rings (SSSR count). The molecule has 34 heavy (non-hydrogen) atoms. The second-order valence-corrected chi connectivity index (χ2v) is 9.51. The SMILES string of the molecule is O=C(O)O.O=C(c1ccc(-c2ccc(Nc3nc4cc(Cl)ccc4s3)cc2)cc1)C1CCCC1. The van der Waals surface area contributed by atoms with Gasteiger partial charge in [0.05, 0.1) is 10.2 Å². The van der Waals surface area contributed by atoms with Gasteiger partial charge in [-0.3, -0.25) is 4.79 Å². The molecule has 3 N–H and O–H groups in total. The minimum Gasteiger partial charge on any atom is -0.450 e. The van der Waals surface area contributed by atoms with Crippen LogP contribution in [0.4, 0.5) is 15.6 Å². The number of carbonyl (C=O) groups is 2. The molecule has 1 saturated carbocycles. The van der Waals surface area contributed by atoms with Crippen LogP contribution < -0.4 is 5.32 Å². The minimum absolute atomic E-state index is 0.222. The monoisotopic (exact) mass is 494 g/mol. The lowest BCUT2D eigenvalue weighted by Crippen LogP contribution is -2.10. The van der Waals surface area contributed by atoms with Crippen LogP contribution in [-0.2, 0) is 0 Å². The Morgan fingerprint density at radius 1 is 0.912 bits per heavy atom. The van der Waals surface area contributed by atoms with Crippen molar-refractivity contribution >= 4 is 55.9 Å². The summed E-state index contributed by atoms with van der Waals surface area (Å²) in [5, 5.41) is 18.8. The number of nitrogens with zero attached hydrogens (tertiary/aromatic N) is 1. The van der Waals surface area contributed by atoms with E-state index >= 15 is 0 Å². The zero-order valence-electron chi connectivity index (χ0n) is 18.2. The van der Waals surface area contributed by atoms with Crippen LogP contribution in [0.1, 0.15) is 36.0 Å². The molecule has 4 aromatic rings. The van der Waals surface area contributed by atoms with E-state index in [1.54, 1.807) is 11.3 Å². The zero-order valence-corrected chi connectivity index (χ0v) is 19.8. The summed E-state index contributed by atoms with van der Waals surface area (Å²) in [7, 11) is 0. The number of Topliss-reactive ketones (excluding diaryl/α,β-unsaturated/α-hetero) is 1. The van der Waals surface area contributed by atoms with E-state index in [-0.39, 0.29) is 5.92 Å². The molecule has 1 aliphatic rings. The largest absolute Gasteiger partial charge is 0.503 e. The van der Waals surface area contributed by atoms with Crippen molar-refractivity contribution in [3.63, 3.8) is 0 Å². The highest BCUT2D eigenvalue weighted by atomic mass is 35.5. The molecule has 0 saturated heterocycles. The van der Waals surface area contributed by atoms with Crippen molar-refractivity contribution in [1.29, 1.82) is 0 Å². The summed E-state index contributed by atoms with van der Waals surface area (Å²) in [5.74, 6) is 0.524. The molecule has 6 nitrogen and oxygen atoms in total. The molecule has 0 atom stereocenters. The Hall–Kier alpha value is -3.42. The third-order valence-corrected chi connectivity index (χ3v) is 6.90. The highest BCUT2D eigenvalue weighted by Crippen LogP contribution is 2.31. The van der Waals surface area contributed by atoms with Crippen LogP contribution in [0, 0.1) is 5.92 Å². The van der Waals surface area contributed by atoms with Crippen LogP contribution in [0.2, 0.25) is 5.02 Å². The molecule has 0 radical (unpaired) electrons. The smallest absolute Gasteiger partial charge is 0.450 e. The zero-order chi connectivity index (χ0) is 24.1. The maximum atomic E-state index is 12.6. The molecule has 1 aliphatic carbocycles. The van der Waals surface area contributed by atoms with Gasteiger partial charge in [-0.25, -0.2) is 9.78 Å². The average molecular weight is 495 g/mol. The summed E-state index contributed by atoms with van der Waals surface area (Å²) in [4.78, 5) is 25.7. The Morgan fingerprint density at radius 2 is 1.50 bits per heavy atom. The molecular formula is C26H23ClN2O4S. The highest BCUT2D eigenvalue weighted by molar-refractivity contribution is 7.22. The first kappa shape index (κ1) is 23.7. The molecule has 0 spiro atoms. The van der Waals surface area contributed by atoms with E-state index in [0.717, 1.165) is 50.6 Å². The fourth-order valence-electron chi connectivity index (χ4n) is 4.07. The number of rotatable bonds is 5. The number of aromatic nitrogens is 1. The Bertz CT molecular complexity index is 1290. The molecular weight excluding hydrogens is 472 g/mol. The van der Waals surface area contributed by atoms with Gasteiger partial charge in [0.15, 0.2) is 10.9 Å². The third kappa shape index (κ3) is 5.92. The van der Waals surface area contributed by atoms with Gasteiger partial charge in [0, 0.05) is 22.2 Å². The number of hydrogen-bond donors (Lipinski definition) is 3. The predicted octanol–water partition coefficient (Wildman–Crippen LogP) is 7.96. The van der Waals surface area contributed by atoms with Crippen molar-refractivity contribution in [2.24, 2.45) is 5.92 Å². The van der Waals surface area contributed by atoms with Gasteiger partial charge in [0.1, 0.15) is 0 Å². The Morgan fingerprint density at radius 3 is 2.12 bits per heavy atom. The molecule has 8 heteroatoms. The van der Waals surface area contributed by atoms with Crippen LogP contribution in [0.15, 0.2) is 66.7 Å². The Kier molecular flexibility index (Phi) is 7.45. The number of ketones is 1. The van der Waals surface area contributed by atoms with Gasteiger partial charge in [0.2, 0.25) is 0 Å². The summed E-state index contributed by atoms with van der Waals surface area (Å²) >= 11 is 7.65. The van der Waals surface area contributed by atoms with Gasteiger partial charge >= 0.3 is 6.16 Å². The predicted molar refractivity (Wildman–Crippen MR) is 137 cm³/mol. The van der Waals surface area contributed by atoms with Crippen molar-refractivity contribution in [2.45, 2.75) is 25.7 Å². The highest BCUT2D eigenvalue weighted by Gasteiger charge is 2.23. The van der Waals surface area contributed by atoms with Gasteiger partial charge < -0.3 is 15.5 Å². The summed E-state index contributed by atoms with van der Waals surface area (Å²) in [6.07, 6.45) is 2.60. The molecule has 1 fully saturated rings. The number of nitrogens with one attached hydrogen (secondary N) is 1. The molecule has 174 valence electrons. The topological polar surface area (TPSA) is 99.5 Å². The number of halogens is 1. The third-order valence-electron chi connectivity index (χ3n) is 5.71. The number of hydrogen-bond acceptors (Lipinski definition) is 5. The van der Waals surface area contributed by atoms with Gasteiger partial charge in [-0.05, 0) is 54.3 Å². The number of carbonyl (C=O) groups excluding carboxylic acids is 1. The van der Waals surface area contributed by atoms with Crippen molar-refractivity contribution in [1.82, 2.24) is 4.98 Å². The second kappa shape index (κ2) is 10.7. The number of benzene rings is 3. The lowest BCUT2D eigenvalue weighted by molar-refractivity contribution is 0.0922. The number of anilines is 2. The Labute approximate surface area is 205 Å². The van der Waals surface area contributed by atoms with E-state index in [1.807, 2.05) is 54.6 Å². The second-order valence-electron chi connectivity index (χ2n) is 8.04. The quantitative estimate of drug-likeness (QED) is 0.243. The maximum absolute atomic E-state index is 12.6. The molecule has 1 heterocycles. The minimum atomic E-state index is -1.83.